The van der Waals surface area contributed by atoms with Gasteiger partial charge in [-0.25, -0.2) is 4.68 Å². The molecule has 0 N–H and O–H groups in total. The highest BCUT2D eigenvalue weighted by atomic mass is 35.5. The Bertz CT molecular complexity index is 451. The van der Waals surface area contributed by atoms with Crippen molar-refractivity contribution in [1.82, 2.24) is 9.78 Å². The third-order valence-electron chi connectivity index (χ3n) is 1.88. The van der Waals surface area contributed by atoms with Crippen LogP contribution < -0.4 is 0 Å². The van der Waals surface area contributed by atoms with Crippen molar-refractivity contribution in [2.75, 3.05) is 0 Å². The average molecular weight is 207 g/mol. The van der Waals surface area contributed by atoms with E-state index in [1.54, 1.807) is 29.1 Å². The van der Waals surface area contributed by atoms with Crippen molar-refractivity contribution in [3.05, 3.63) is 47.2 Å². The van der Waals surface area contributed by atoms with E-state index in [4.69, 9.17) is 11.6 Å². The van der Waals surface area contributed by atoms with Crippen molar-refractivity contribution in [1.29, 1.82) is 0 Å². The maximum atomic E-state index is 10.5. The maximum Gasteiger partial charge on any atom is 0.151 e. The number of aldehydes is 1. The van der Waals surface area contributed by atoms with Crippen LogP contribution >= 0.6 is 11.6 Å². The van der Waals surface area contributed by atoms with E-state index >= 15 is 0 Å². The van der Waals surface area contributed by atoms with Crippen LogP contribution in [-0.2, 0) is 0 Å². The summed E-state index contributed by atoms with van der Waals surface area (Å²) in [5.74, 6) is 0. The molecule has 1 aromatic heterocycles. The van der Waals surface area contributed by atoms with Gasteiger partial charge in [-0.2, -0.15) is 5.10 Å². The molecule has 0 fully saturated rings. The van der Waals surface area contributed by atoms with Gasteiger partial charge >= 0.3 is 0 Å². The van der Waals surface area contributed by atoms with Gasteiger partial charge in [0.1, 0.15) is 0 Å². The minimum absolute atomic E-state index is 0.438. The van der Waals surface area contributed by atoms with Crippen LogP contribution in [0.4, 0.5) is 0 Å². The molecule has 0 spiro atoms. The van der Waals surface area contributed by atoms with E-state index in [1.165, 1.54) is 0 Å². The molecule has 3 nitrogen and oxygen atoms in total. The lowest BCUT2D eigenvalue weighted by Crippen LogP contribution is -1.94. The fourth-order valence-corrected chi connectivity index (χ4v) is 1.40. The lowest BCUT2D eigenvalue weighted by Gasteiger charge is -2.02. The van der Waals surface area contributed by atoms with Gasteiger partial charge in [-0.05, 0) is 24.3 Å². The number of hydrogen-bond donors (Lipinski definition) is 0. The molecule has 0 aliphatic carbocycles. The number of carbonyl (C=O) groups excluding carboxylic acids is 1. The fourth-order valence-electron chi connectivity index (χ4n) is 1.18. The predicted molar refractivity (Wildman–Crippen MR) is 54.0 cm³/mol. The van der Waals surface area contributed by atoms with E-state index in [-0.39, 0.29) is 0 Å². The second kappa shape index (κ2) is 3.64. The quantitative estimate of drug-likeness (QED) is 0.707. The minimum Gasteiger partial charge on any atom is -0.298 e. The first-order chi connectivity index (χ1) is 6.81. The predicted octanol–water partition coefficient (Wildman–Crippen LogP) is 2.34. The zero-order chi connectivity index (χ0) is 9.97. The molecule has 2 rings (SSSR count). The standard InChI is InChI=1S/C10H7ClN2O/c11-10-6-9(3-2-8(10)7-14)13-5-1-4-12-13/h1-7H. The SMILES string of the molecule is O=Cc1ccc(-n2cccn2)cc1Cl. The summed E-state index contributed by atoms with van der Waals surface area (Å²) in [7, 11) is 0. The summed E-state index contributed by atoms with van der Waals surface area (Å²) in [6, 6.07) is 6.99. The summed E-state index contributed by atoms with van der Waals surface area (Å²) in [6.45, 7) is 0. The number of rotatable bonds is 2. The molecule has 0 unspecified atom stereocenters. The summed E-state index contributed by atoms with van der Waals surface area (Å²) in [6.07, 6.45) is 4.23. The molecule has 0 radical (unpaired) electrons. The van der Waals surface area contributed by atoms with Crippen molar-refractivity contribution >= 4 is 17.9 Å². The Hall–Kier alpha value is -1.61. The smallest absolute Gasteiger partial charge is 0.151 e. The van der Waals surface area contributed by atoms with Crippen LogP contribution in [0.5, 0.6) is 0 Å². The molecule has 14 heavy (non-hydrogen) atoms. The Balaban J connectivity index is 2.48. The molecule has 0 saturated carbocycles. The molecule has 70 valence electrons. The molecular weight excluding hydrogens is 200 g/mol. The number of benzene rings is 1. The maximum absolute atomic E-state index is 10.5. The van der Waals surface area contributed by atoms with E-state index in [2.05, 4.69) is 5.10 Å². The van der Waals surface area contributed by atoms with Crippen molar-refractivity contribution in [3.63, 3.8) is 0 Å². The molecule has 0 aliphatic heterocycles. The van der Waals surface area contributed by atoms with Gasteiger partial charge in [0.05, 0.1) is 10.7 Å². The molecule has 1 aromatic carbocycles. The highest BCUT2D eigenvalue weighted by Gasteiger charge is 2.01. The first-order valence-electron chi connectivity index (χ1n) is 4.06. The van der Waals surface area contributed by atoms with E-state index < -0.39 is 0 Å². The normalized spacial score (nSPS) is 10.1. The van der Waals surface area contributed by atoms with Crippen LogP contribution in [-0.4, -0.2) is 16.1 Å². The Morgan fingerprint density at radius 2 is 2.29 bits per heavy atom. The van der Waals surface area contributed by atoms with Gasteiger partial charge in [0.15, 0.2) is 6.29 Å². The highest BCUT2D eigenvalue weighted by Crippen LogP contribution is 2.18. The molecule has 0 amide bonds. The van der Waals surface area contributed by atoms with Gasteiger partial charge in [-0.3, -0.25) is 4.79 Å². The van der Waals surface area contributed by atoms with Gasteiger partial charge in [-0.15, -0.1) is 0 Å². The molecule has 0 saturated heterocycles. The van der Waals surface area contributed by atoms with Crippen LogP contribution in [0.25, 0.3) is 5.69 Å². The summed E-state index contributed by atoms with van der Waals surface area (Å²) in [4.78, 5) is 10.5. The topological polar surface area (TPSA) is 34.9 Å². The Morgan fingerprint density at radius 3 is 2.86 bits per heavy atom. The zero-order valence-corrected chi connectivity index (χ0v) is 7.98. The van der Waals surface area contributed by atoms with Gasteiger partial charge < -0.3 is 0 Å². The molecule has 0 aliphatic rings. The number of aromatic nitrogens is 2. The molecule has 4 heteroatoms. The first-order valence-corrected chi connectivity index (χ1v) is 4.44. The lowest BCUT2D eigenvalue weighted by atomic mass is 10.2. The van der Waals surface area contributed by atoms with Crippen molar-refractivity contribution < 1.29 is 4.79 Å². The summed E-state index contributed by atoms with van der Waals surface area (Å²) in [5, 5.41) is 4.49. The van der Waals surface area contributed by atoms with Crippen LogP contribution in [0.15, 0.2) is 36.7 Å². The largest absolute Gasteiger partial charge is 0.298 e. The van der Waals surface area contributed by atoms with Gasteiger partial charge in [0.25, 0.3) is 0 Å². The number of hydrogen-bond acceptors (Lipinski definition) is 2. The fraction of sp³-hybridized carbons (Fsp3) is 0. The van der Waals surface area contributed by atoms with Gasteiger partial charge in [0, 0.05) is 18.0 Å². The average Bonchev–Trinajstić information content (AvgIpc) is 2.70. The van der Waals surface area contributed by atoms with Crippen LogP contribution in [0.3, 0.4) is 0 Å². The second-order valence-electron chi connectivity index (χ2n) is 2.77. The summed E-state index contributed by atoms with van der Waals surface area (Å²) < 4.78 is 1.68. The molecule has 0 bridgehead atoms. The molecule has 0 atom stereocenters. The number of carbonyl (C=O) groups is 1. The van der Waals surface area contributed by atoms with Crippen molar-refractivity contribution in [3.8, 4) is 5.69 Å². The summed E-state index contributed by atoms with van der Waals surface area (Å²) >= 11 is 5.87. The van der Waals surface area contributed by atoms with Gasteiger partial charge in [-0.1, -0.05) is 11.6 Å². The Labute approximate surface area is 85.9 Å². The van der Waals surface area contributed by atoms with E-state index in [0.717, 1.165) is 12.0 Å². The van der Waals surface area contributed by atoms with Crippen LogP contribution in [0.1, 0.15) is 10.4 Å². The number of nitrogens with zero attached hydrogens (tertiary/aromatic N) is 2. The summed E-state index contributed by atoms with van der Waals surface area (Å²) in [5.41, 5.74) is 1.33. The Morgan fingerprint density at radius 1 is 1.43 bits per heavy atom. The van der Waals surface area contributed by atoms with Crippen molar-refractivity contribution in [2.45, 2.75) is 0 Å². The minimum atomic E-state index is 0.438. The Kier molecular flexibility index (Phi) is 2.33. The van der Waals surface area contributed by atoms with E-state index in [1.807, 2.05) is 12.3 Å². The second-order valence-corrected chi connectivity index (χ2v) is 3.18. The monoisotopic (exact) mass is 206 g/mol. The molecular formula is C10H7ClN2O. The number of halogens is 1. The van der Waals surface area contributed by atoms with Crippen LogP contribution in [0.2, 0.25) is 5.02 Å². The third-order valence-corrected chi connectivity index (χ3v) is 2.21. The van der Waals surface area contributed by atoms with E-state index in [0.29, 0.717) is 10.6 Å². The highest BCUT2D eigenvalue weighted by molar-refractivity contribution is 6.33. The molecule has 2 aromatic rings. The van der Waals surface area contributed by atoms with Crippen LogP contribution in [0, 0.1) is 0 Å². The first kappa shape index (κ1) is 8.97. The lowest BCUT2D eigenvalue weighted by molar-refractivity contribution is 0.112. The van der Waals surface area contributed by atoms with Crippen molar-refractivity contribution in [2.24, 2.45) is 0 Å². The molecule has 1 heterocycles. The van der Waals surface area contributed by atoms with Gasteiger partial charge in [0.2, 0.25) is 0 Å². The van der Waals surface area contributed by atoms with E-state index in [9.17, 15) is 4.79 Å². The zero-order valence-electron chi connectivity index (χ0n) is 7.22. The third kappa shape index (κ3) is 1.54.